The molecule has 0 radical (unpaired) electrons. The smallest absolute Gasteiger partial charge is 0.243 e. The lowest BCUT2D eigenvalue weighted by atomic mass is 9.84. The van der Waals surface area contributed by atoms with Crippen LogP contribution in [0.5, 0.6) is 5.75 Å². The molecule has 1 heterocycles. The minimum atomic E-state index is -0.147. The SMILES string of the molecule is COc1cccc(C(C)(C)CNC(=NCC(=O)N(C)C)NCc2cccs2)c1.I. The van der Waals surface area contributed by atoms with Crippen LogP contribution in [0.4, 0.5) is 0 Å². The maximum atomic E-state index is 11.9. The van der Waals surface area contributed by atoms with Gasteiger partial charge in [0.05, 0.1) is 13.7 Å². The molecule has 0 fully saturated rings. The molecule has 2 N–H and O–H groups in total. The number of halogens is 1. The monoisotopic (exact) mass is 530 g/mol. The molecule has 0 bridgehead atoms. The average molecular weight is 530 g/mol. The van der Waals surface area contributed by atoms with Gasteiger partial charge >= 0.3 is 0 Å². The van der Waals surface area contributed by atoms with Crippen molar-refractivity contribution in [2.75, 3.05) is 34.3 Å². The highest BCUT2D eigenvalue weighted by Gasteiger charge is 2.21. The molecule has 2 aromatic rings. The van der Waals surface area contributed by atoms with Crippen LogP contribution in [-0.4, -0.2) is 51.1 Å². The fourth-order valence-corrected chi connectivity index (χ4v) is 3.14. The van der Waals surface area contributed by atoms with Crippen molar-refractivity contribution >= 4 is 47.2 Å². The minimum absolute atomic E-state index is 0. The Kier molecular flexibility index (Phi) is 10.5. The highest BCUT2D eigenvalue weighted by atomic mass is 127. The highest BCUT2D eigenvalue weighted by Crippen LogP contribution is 2.25. The van der Waals surface area contributed by atoms with Crippen molar-refractivity contribution < 1.29 is 9.53 Å². The summed E-state index contributed by atoms with van der Waals surface area (Å²) in [4.78, 5) is 19.1. The Balaban J connectivity index is 0.00000420. The number of likely N-dealkylation sites (N-methyl/N-ethyl adjacent to an activating group) is 1. The van der Waals surface area contributed by atoms with E-state index in [4.69, 9.17) is 4.74 Å². The third kappa shape index (κ3) is 8.22. The van der Waals surface area contributed by atoms with E-state index in [9.17, 15) is 4.79 Å². The van der Waals surface area contributed by atoms with Gasteiger partial charge in [-0.1, -0.05) is 32.0 Å². The number of hydrogen-bond donors (Lipinski definition) is 2. The van der Waals surface area contributed by atoms with Crippen LogP contribution in [0.15, 0.2) is 46.8 Å². The second-order valence-electron chi connectivity index (χ2n) is 7.36. The Labute approximate surface area is 194 Å². The molecule has 0 aliphatic rings. The zero-order valence-corrected chi connectivity index (χ0v) is 20.8. The first kappa shape index (κ1) is 25.2. The molecule has 29 heavy (non-hydrogen) atoms. The molecule has 0 saturated heterocycles. The first-order valence-electron chi connectivity index (χ1n) is 9.21. The van der Waals surface area contributed by atoms with Crippen molar-refractivity contribution in [2.24, 2.45) is 4.99 Å². The molecule has 0 saturated carbocycles. The van der Waals surface area contributed by atoms with E-state index in [1.54, 1.807) is 37.4 Å². The number of carbonyl (C=O) groups is 1. The van der Waals surface area contributed by atoms with Crippen molar-refractivity contribution in [3.63, 3.8) is 0 Å². The summed E-state index contributed by atoms with van der Waals surface area (Å²) >= 11 is 1.68. The van der Waals surface area contributed by atoms with Gasteiger partial charge in [0, 0.05) is 30.9 Å². The van der Waals surface area contributed by atoms with E-state index in [0.29, 0.717) is 19.0 Å². The molecular weight excluding hydrogens is 499 g/mol. The molecule has 1 aromatic carbocycles. The van der Waals surface area contributed by atoms with Crippen molar-refractivity contribution in [3.05, 3.63) is 52.2 Å². The number of nitrogens with zero attached hydrogens (tertiary/aromatic N) is 2. The second-order valence-corrected chi connectivity index (χ2v) is 8.39. The van der Waals surface area contributed by atoms with Crippen molar-refractivity contribution in [2.45, 2.75) is 25.8 Å². The molecule has 8 heteroatoms. The number of hydrogen-bond acceptors (Lipinski definition) is 4. The summed E-state index contributed by atoms with van der Waals surface area (Å²) in [5, 5.41) is 8.75. The molecule has 0 unspecified atom stereocenters. The summed E-state index contributed by atoms with van der Waals surface area (Å²) in [5.41, 5.74) is 1.02. The molecular formula is C21H31IN4O2S. The fraction of sp³-hybridized carbons (Fsp3) is 0.429. The first-order chi connectivity index (χ1) is 13.3. The number of ether oxygens (including phenoxy) is 1. The van der Waals surface area contributed by atoms with Gasteiger partial charge in [-0.3, -0.25) is 4.79 Å². The van der Waals surface area contributed by atoms with Gasteiger partial charge in [0.1, 0.15) is 12.3 Å². The van der Waals surface area contributed by atoms with E-state index >= 15 is 0 Å². The van der Waals surface area contributed by atoms with E-state index < -0.39 is 0 Å². The Morgan fingerprint density at radius 2 is 1.97 bits per heavy atom. The highest BCUT2D eigenvalue weighted by molar-refractivity contribution is 14.0. The van der Waals surface area contributed by atoms with E-state index in [1.165, 1.54) is 10.4 Å². The molecule has 0 spiro atoms. The summed E-state index contributed by atoms with van der Waals surface area (Å²) < 4.78 is 5.35. The van der Waals surface area contributed by atoms with Gasteiger partial charge in [-0.25, -0.2) is 4.99 Å². The largest absolute Gasteiger partial charge is 0.497 e. The van der Waals surface area contributed by atoms with Crippen LogP contribution in [0.3, 0.4) is 0 Å². The van der Waals surface area contributed by atoms with E-state index in [0.717, 1.165) is 5.75 Å². The van der Waals surface area contributed by atoms with Crippen LogP contribution >= 0.6 is 35.3 Å². The fourth-order valence-electron chi connectivity index (χ4n) is 2.50. The lowest BCUT2D eigenvalue weighted by molar-refractivity contribution is -0.127. The zero-order chi connectivity index (χ0) is 20.6. The van der Waals surface area contributed by atoms with E-state index in [-0.39, 0.29) is 41.8 Å². The molecule has 0 atom stereocenters. The van der Waals surface area contributed by atoms with Gasteiger partial charge in [-0.15, -0.1) is 35.3 Å². The van der Waals surface area contributed by atoms with E-state index in [2.05, 4.69) is 41.6 Å². The number of guanidine groups is 1. The van der Waals surface area contributed by atoms with Crippen LogP contribution in [0, 0.1) is 0 Å². The van der Waals surface area contributed by atoms with Gasteiger partial charge < -0.3 is 20.3 Å². The Bertz CT molecular complexity index is 792. The standard InChI is InChI=1S/C21H30N4O2S.HI/c1-21(2,16-8-6-9-17(12-16)27-5)15-24-20(23-14-19(26)25(3)4)22-13-18-10-7-11-28-18;/h6-12H,13-15H2,1-5H3,(H2,22,23,24);1H. The summed E-state index contributed by atoms with van der Waals surface area (Å²) in [5.74, 6) is 1.43. The number of methoxy groups -OCH3 is 1. The number of aliphatic imine (C=N–C) groups is 1. The van der Waals surface area contributed by atoms with Crippen LogP contribution in [0.25, 0.3) is 0 Å². The second kappa shape index (κ2) is 12.0. The van der Waals surface area contributed by atoms with Gasteiger partial charge in [-0.2, -0.15) is 0 Å². The Morgan fingerprint density at radius 1 is 1.21 bits per heavy atom. The van der Waals surface area contributed by atoms with Crippen molar-refractivity contribution in [3.8, 4) is 5.75 Å². The van der Waals surface area contributed by atoms with Gasteiger partial charge in [0.25, 0.3) is 0 Å². The van der Waals surface area contributed by atoms with Crippen LogP contribution in [-0.2, 0) is 16.8 Å². The zero-order valence-electron chi connectivity index (χ0n) is 17.7. The molecule has 2 rings (SSSR count). The molecule has 6 nitrogen and oxygen atoms in total. The number of carbonyl (C=O) groups excluding carboxylic acids is 1. The van der Waals surface area contributed by atoms with Crippen LogP contribution in [0.2, 0.25) is 0 Å². The maximum Gasteiger partial charge on any atom is 0.243 e. The summed E-state index contributed by atoms with van der Waals surface area (Å²) in [6.07, 6.45) is 0. The third-order valence-electron chi connectivity index (χ3n) is 4.43. The molecule has 0 aliphatic heterocycles. The Morgan fingerprint density at radius 3 is 2.59 bits per heavy atom. The minimum Gasteiger partial charge on any atom is -0.497 e. The topological polar surface area (TPSA) is 66.0 Å². The number of benzene rings is 1. The molecule has 160 valence electrons. The van der Waals surface area contributed by atoms with Crippen molar-refractivity contribution in [1.82, 2.24) is 15.5 Å². The lowest BCUT2D eigenvalue weighted by Crippen LogP contribution is -2.43. The van der Waals surface area contributed by atoms with Crippen LogP contribution in [0.1, 0.15) is 24.3 Å². The number of rotatable bonds is 8. The quantitative estimate of drug-likeness (QED) is 0.312. The summed E-state index contributed by atoms with van der Waals surface area (Å²) in [6, 6.07) is 12.2. The predicted molar refractivity (Wildman–Crippen MR) is 132 cm³/mol. The number of nitrogens with one attached hydrogen (secondary N) is 2. The maximum absolute atomic E-state index is 11.9. The van der Waals surface area contributed by atoms with Gasteiger partial charge in [0.2, 0.25) is 5.91 Å². The van der Waals surface area contributed by atoms with Gasteiger partial charge in [0.15, 0.2) is 5.96 Å². The third-order valence-corrected chi connectivity index (χ3v) is 5.31. The van der Waals surface area contributed by atoms with E-state index in [1.807, 2.05) is 29.6 Å². The number of thiophene rings is 1. The summed E-state index contributed by atoms with van der Waals surface area (Å²) in [6.45, 7) is 5.76. The molecule has 0 aliphatic carbocycles. The molecule has 1 aromatic heterocycles. The van der Waals surface area contributed by atoms with Gasteiger partial charge in [-0.05, 0) is 29.1 Å². The van der Waals surface area contributed by atoms with Crippen molar-refractivity contribution in [1.29, 1.82) is 0 Å². The summed E-state index contributed by atoms with van der Waals surface area (Å²) in [7, 11) is 5.14. The number of amides is 1. The normalized spacial score (nSPS) is 11.4. The van der Waals surface area contributed by atoms with Crippen LogP contribution < -0.4 is 15.4 Å². The molecule has 1 amide bonds. The average Bonchev–Trinajstić information content (AvgIpc) is 3.20. The first-order valence-corrected chi connectivity index (χ1v) is 10.1. The lowest BCUT2D eigenvalue weighted by Gasteiger charge is -2.27. The predicted octanol–water partition coefficient (Wildman–Crippen LogP) is 3.48. The Hall–Kier alpha value is -1.81.